The van der Waals surface area contributed by atoms with E-state index in [1.807, 2.05) is 0 Å². The van der Waals surface area contributed by atoms with Gasteiger partial charge in [0.2, 0.25) is 5.91 Å². The highest BCUT2D eigenvalue weighted by Gasteiger charge is 2.01. The molecule has 0 unspecified atom stereocenters. The third kappa shape index (κ3) is 11.2. The predicted molar refractivity (Wildman–Crippen MR) is 114 cm³/mol. The van der Waals surface area contributed by atoms with Crippen molar-refractivity contribution in [1.82, 2.24) is 15.0 Å². The number of carbonyl (C=O) groups excluding carboxylic acids is 2. The molecule has 12 nitrogen and oxygen atoms in total. The van der Waals surface area contributed by atoms with Gasteiger partial charge < -0.3 is 31.4 Å². The summed E-state index contributed by atoms with van der Waals surface area (Å²) in [7, 11) is 0. The summed E-state index contributed by atoms with van der Waals surface area (Å²) >= 11 is 0. The number of nitrogens with zero attached hydrogens (tertiary/aromatic N) is 3. The van der Waals surface area contributed by atoms with Crippen LogP contribution >= 0.6 is 0 Å². The Hall–Kier alpha value is -4.45. The van der Waals surface area contributed by atoms with Crippen LogP contribution < -0.4 is 27.1 Å². The number of hydrogen-bond acceptors (Lipinski definition) is 11. The summed E-state index contributed by atoms with van der Waals surface area (Å²) in [6.07, 6.45) is 8.51. The highest BCUT2D eigenvalue weighted by atomic mass is 16.5. The monoisotopic (exact) mass is 429 g/mol. The number of ether oxygens (including phenoxy) is 1. The molecule has 3 heterocycles. The fourth-order valence-electron chi connectivity index (χ4n) is 1.86. The van der Waals surface area contributed by atoms with Crippen LogP contribution in [0.1, 0.15) is 13.8 Å². The van der Waals surface area contributed by atoms with E-state index in [2.05, 4.69) is 25.7 Å². The highest BCUT2D eigenvalue weighted by Crippen LogP contribution is 2.15. The molecule has 0 aromatic carbocycles. The Morgan fingerprint density at radius 3 is 1.90 bits per heavy atom. The molecule has 0 fully saturated rings. The van der Waals surface area contributed by atoms with E-state index in [0.717, 1.165) is 0 Å². The Labute approximate surface area is 177 Å². The van der Waals surface area contributed by atoms with Gasteiger partial charge >= 0.3 is 5.97 Å². The minimum atomic E-state index is -0.424. The number of nitrogen functional groups attached to an aromatic ring is 2. The van der Waals surface area contributed by atoms with Crippen molar-refractivity contribution < 1.29 is 24.5 Å². The zero-order chi connectivity index (χ0) is 23.2. The summed E-state index contributed by atoms with van der Waals surface area (Å²) in [6, 6.07) is 4.44. The van der Waals surface area contributed by atoms with E-state index in [4.69, 9.17) is 26.5 Å². The Morgan fingerprint density at radius 2 is 1.45 bits per heavy atom. The third-order valence-electron chi connectivity index (χ3n) is 2.93. The Morgan fingerprint density at radius 1 is 0.871 bits per heavy atom. The lowest BCUT2D eigenvalue weighted by Gasteiger charge is -2.03. The fourth-order valence-corrected chi connectivity index (χ4v) is 1.86. The van der Waals surface area contributed by atoms with E-state index in [9.17, 15) is 9.59 Å². The molecule has 0 aliphatic heterocycles. The van der Waals surface area contributed by atoms with Crippen molar-refractivity contribution in [3.8, 4) is 17.2 Å². The van der Waals surface area contributed by atoms with Crippen LogP contribution in [0.4, 0.5) is 17.1 Å². The van der Waals surface area contributed by atoms with E-state index in [1.165, 1.54) is 69.2 Å². The largest absolute Gasteiger partial charge is 0.506 e. The van der Waals surface area contributed by atoms with E-state index >= 15 is 0 Å². The number of carbonyl (C=O) groups is 2. The second kappa shape index (κ2) is 12.9. The average molecular weight is 429 g/mol. The summed E-state index contributed by atoms with van der Waals surface area (Å²) in [5.41, 5.74) is 9.15. The summed E-state index contributed by atoms with van der Waals surface area (Å²) in [5.74, 6) is 4.90. The first kappa shape index (κ1) is 24.6. The third-order valence-corrected chi connectivity index (χ3v) is 2.93. The molecule has 3 aromatic rings. The molecule has 0 radical (unpaired) electrons. The van der Waals surface area contributed by atoms with Crippen LogP contribution in [0.15, 0.2) is 55.4 Å². The van der Waals surface area contributed by atoms with Gasteiger partial charge in [0.15, 0.2) is 5.75 Å². The quantitative estimate of drug-likeness (QED) is 0.200. The summed E-state index contributed by atoms with van der Waals surface area (Å²) < 4.78 is 4.78. The number of anilines is 3. The maximum absolute atomic E-state index is 10.7. The maximum Gasteiger partial charge on any atom is 0.308 e. The van der Waals surface area contributed by atoms with Gasteiger partial charge in [0.05, 0.1) is 54.2 Å². The molecule has 3 rings (SSSR count). The number of aromatic nitrogens is 3. The van der Waals surface area contributed by atoms with Gasteiger partial charge in [-0.1, -0.05) is 0 Å². The smallest absolute Gasteiger partial charge is 0.308 e. The Bertz CT molecular complexity index is 952. The molecular weight excluding hydrogens is 406 g/mol. The van der Waals surface area contributed by atoms with Gasteiger partial charge in [-0.15, -0.1) is 0 Å². The number of rotatable bonds is 3. The topological polar surface area (TPSA) is 199 Å². The van der Waals surface area contributed by atoms with Gasteiger partial charge in [-0.3, -0.25) is 30.4 Å². The van der Waals surface area contributed by atoms with Crippen LogP contribution in [0.2, 0.25) is 0 Å². The second-order valence-electron chi connectivity index (χ2n) is 5.74. The highest BCUT2D eigenvalue weighted by molar-refractivity contribution is 5.88. The van der Waals surface area contributed by atoms with Crippen LogP contribution in [0.3, 0.4) is 0 Å². The zero-order valence-corrected chi connectivity index (χ0v) is 16.8. The van der Waals surface area contributed by atoms with E-state index in [0.29, 0.717) is 22.8 Å². The molecule has 0 saturated carbocycles. The second-order valence-corrected chi connectivity index (χ2v) is 5.74. The van der Waals surface area contributed by atoms with Crippen LogP contribution in [-0.4, -0.2) is 37.0 Å². The number of amides is 1. The molecule has 31 heavy (non-hydrogen) atoms. The van der Waals surface area contributed by atoms with Gasteiger partial charge in [-0.25, -0.2) is 0 Å². The van der Waals surface area contributed by atoms with Crippen LogP contribution in [0, 0.1) is 0 Å². The van der Waals surface area contributed by atoms with Crippen LogP contribution in [0.25, 0.3) is 0 Å². The van der Waals surface area contributed by atoms with Crippen molar-refractivity contribution in [3.05, 3.63) is 55.4 Å². The number of nitrogens with one attached hydrogen (secondary N) is 2. The molecule has 1 amide bonds. The van der Waals surface area contributed by atoms with Crippen LogP contribution in [0.5, 0.6) is 17.2 Å². The Balaban J connectivity index is 0.000000245. The number of esters is 1. The first-order chi connectivity index (χ1) is 14.7. The molecule has 0 aliphatic carbocycles. The number of pyridine rings is 3. The van der Waals surface area contributed by atoms with E-state index in [-0.39, 0.29) is 17.4 Å². The molecule has 3 aromatic heterocycles. The van der Waals surface area contributed by atoms with Gasteiger partial charge in [0.25, 0.3) is 0 Å². The minimum absolute atomic E-state index is 0.102. The van der Waals surface area contributed by atoms with Crippen LogP contribution in [-0.2, 0) is 9.59 Å². The summed E-state index contributed by atoms with van der Waals surface area (Å²) in [4.78, 5) is 32.4. The molecule has 0 spiro atoms. The predicted octanol–water partition coefficient (Wildman–Crippen LogP) is 1.41. The average Bonchev–Trinajstić information content (AvgIpc) is 2.68. The van der Waals surface area contributed by atoms with E-state index in [1.54, 1.807) is 0 Å². The molecule has 0 atom stereocenters. The molecule has 12 heteroatoms. The van der Waals surface area contributed by atoms with Crippen molar-refractivity contribution in [2.75, 3.05) is 16.5 Å². The summed E-state index contributed by atoms with van der Waals surface area (Å²) in [6.45, 7) is 2.68. The normalized spacial score (nSPS) is 9.13. The first-order valence-electron chi connectivity index (χ1n) is 8.60. The molecular formula is C19H23N7O5. The minimum Gasteiger partial charge on any atom is -0.506 e. The molecule has 164 valence electrons. The van der Waals surface area contributed by atoms with Gasteiger partial charge in [0, 0.05) is 32.0 Å². The van der Waals surface area contributed by atoms with Crippen molar-refractivity contribution in [2.24, 2.45) is 5.84 Å². The van der Waals surface area contributed by atoms with Gasteiger partial charge in [0.1, 0.15) is 11.5 Å². The van der Waals surface area contributed by atoms with Gasteiger partial charge in [-0.05, 0) is 0 Å². The first-order valence-corrected chi connectivity index (χ1v) is 8.60. The standard InChI is InChI=1S/C9H10N2O3.C5H7N3O.C5H6N2O/c1-6(12)11-8-3-9(5-10-4-8)14-7(2)13;6-8-4-1-5(9)3-7-2-4;6-4-1-5(8)3-7-2-4/h3-5H,1-2H3,(H,11,12);1-3,8-9H,6H2;1-3,8H,6H2. The maximum atomic E-state index is 10.7. The van der Waals surface area contributed by atoms with Crippen molar-refractivity contribution >= 4 is 28.9 Å². The lowest BCUT2D eigenvalue weighted by Crippen LogP contribution is -2.07. The Kier molecular flexibility index (Phi) is 10.2. The van der Waals surface area contributed by atoms with E-state index < -0.39 is 5.97 Å². The number of nitrogens with two attached hydrogens (primary N) is 2. The lowest BCUT2D eigenvalue weighted by molar-refractivity contribution is -0.131. The number of hydrazine groups is 1. The lowest BCUT2D eigenvalue weighted by atomic mass is 10.4. The molecule has 0 bridgehead atoms. The van der Waals surface area contributed by atoms with Gasteiger partial charge in [-0.2, -0.15) is 0 Å². The molecule has 0 aliphatic rings. The van der Waals surface area contributed by atoms with Crippen molar-refractivity contribution in [3.63, 3.8) is 0 Å². The molecule has 0 saturated heterocycles. The van der Waals surface area contributed by atoms with Crippen molar-refractivity contribution in [1.29, 1.82) is 0 Å². The van der Waals surface area contributed by atoms with Crippen molar-refractivity contribution in [2.45, 2.75) is 13.8 Å². The fraction of sp³-hybridized carbons (Fsp3) is 0.105. The summed E-state index contributed by atoms with van der Waals surface area (Å²) in [5, 5.41) is 20.0. The molecule has 8 N–H and O–H groups in total. The SMILES string of the molecule is CC(=O)Nc1cncc(OC(C)=O)c1.NNc1cncc(O)c1.Nc1cncc(O)c1. The zero-order valence-electron chi connectivity index (χ0n) is 16.8. The number of aromatic hydroxyl groups is 2. The number of hydrogen-bond donors (Lipinski definition) is 6.